The first-order chi connectivity index (χ1) is 8.01. The Hall–Kier alpha value is -1.36. The molecule has 0 N–H and O–H groups in total. The molecule has 0 heterocycles. The highest BCUT2D eigenvalue weighted by Gasteiger charge is 2.06. The van der Waals surface area contributed by atoms with Crippen LogP contribution in [0.1, 0.15) is 19.4 Å². The summed E-state index contributed by atoms with van der Waals surface area (Å²) in [7, 11) is 0. The summed E-state index contributed by atoms with van der Waals surface area (Å²) >= 11 is 3.32. The monoisotopic (exact) mass is 300 g/mol. The van der Waals surface area contributed by atoms with Crippen LogP contribution in [0.25, 0.3) is 0 Å². The minimum absolute atomic E-state index is 0.382. The summed E-state index contributed by atoms with van der Waals surface area (Å²) in [6.45, 7) is 2.64. The van der Waals surface area contributed by atoms with Crippen LogP contribution in [0.2, 0.25) is 0 Å². The molecule has 0 saturated heterocycles. The Labute approximate surface area is 108 Å². The zero-order chi connectivity index (χ0) is 12.8. The number of carbonyl (C=O) groups excluding carboxylic acids is 2. The molecule has 0 radical (unpaired) electrons. The number of hydrogen-bond donors (Lipinski definition) is 0. The van der Waals surface area contributed by atoms with Gasteiger partial charge >= 0.3 is 11.9 Å². The second kappa shape index (κ2) is 6.39. The first-order valence-corrected chi connectivity index (χ1v) is 6.20. The van der Waals surface area contributed by atoms with E-state index >= 15 is 0 Å². The highest BCUT2D eigenvalue weighted by Crippen LogP contribution is 2.24. The SMILES string of the molecule is CC(=O)Oc1cc(CCBr)cc(OC(C)=O)c1. The Morgan fingerprint density at radius 3 is 1.88 bits per heavy atom. The van der Waals surface area contributed by atoms with Gasteiger partial charge in [-0.3, -0.25) is 9.59 Å². The normalized spacial score (nSPS) is 9.82. The number of rotatable bonds is 4. The standard InChI is InChI=1S/C12H13BrO4/c1-8(14)16-11-5-10(3-4-13)6-12(7-11)17-9(2)15/h5-7H,3-4H2,1-2H3. The molecule has 0 spiro atoms. The lowest BCUT2D eigenvalue weighted by atomic mass is 10.1. The van der Waals surface area contributed by atoms with E-state index in [1.54, 1.807) is 12.1 Å². The number of benzene rings is 1. The van der Waals surface area contributed by atoms with Gasteiger partial charge in [-0.05, 0) is 24.1 Å². The molecule has 0 aliphatic rings. The minimum atomic E-state index is -0.408. The molecule has 0 atom stereocenters. The van der Waals surface area contributed by atoms with Crippen molar-refractivity contribution in [2.75, 3.05) is 5.33 Å². The summed E-state index contributed by atoms with van der Waals surface area (Å²) in [5, 5.41) is 0.774. The largest absolute Gasteiger partial charge is 0.427 e. The number of halogens is 1. The lowest BCUT2D eigenvalue weighted by molar-refractivity contribution is -0.132. The zero-order valence-electron chi connectivity index (χ0n) is 9.66. The van der Waals surface area contributed by atoms with Crippen LogP contribution in [0.4, 0.5) is 0 Å². The van der Waals surface area contributed by atoms with Crippen molar-refractivity contribution >= 4 is 27.9 Å². The molecule has 17 heavy (non-hydrogen) atoms. The molecule has 0 aliphatic carbocycles. The molecular weight excluding hydrogens is 288 g/mol. The fourth-order valence-electron chi connectivity index (χ4n) is 1.33. The van der Waals surface area contributed by atoms with Gasteiger partial charge in [0.25, 0.3) is 0 Å². The predicted molar refractivity (Wildman–Crippen MR) is 66.6 cm³/mol. The summed E-state index contributed by atoms with van der Waals surface area (Å²) in [5.41, 5.74) is 0.928. The highest BCUT2D eigenvalue weighted by molar-refractivity contribution is 9.09. The Bertz CT molecular complexity index is 394. The lowest BCUT2D eigenvalue weighted by Crippen LogP contribution is -2.05. The molecule has 1 aromatic carbocycles. The van der Waals surface area contributed by atoms with Crippen LogP contribution in [0.5, 0.6) is 11.5 Å². The molecule has 5 heteroatoms. The maximum Gasteiger partial charge on any atom is 0.308 e. The van der Waals surface area contributed by atoms with Gasteiger partial charge in [-0.15, -0.1) is 0 Å². The van der Waals surface area contributed by atoms with E-state index in [0.717, 1.165) is 17.3 Å². The molecule has 0 bridgehead atoms. The fourth-order valence-corrected chi connectivity index (χ4v) is 1.79. The molecule has 0 saturated carbocycles. The van der Waals surface area contributed by atoms with Crippen molar-refractivity contribution in [1.82, 2.24) is 0 Å². The molecule has 0 unspecified atom stereocenters. The zero-order valence-corrected chi connectivity index (χ0v) is 11.2. The van der Waals surface area contributed by atoms with Gasteiger partial charge in [0.15, 0.2) is 0 Å². The third kappa shape index (κ3) is 4.99. The van der Waals surface area contributed by atoms with Crippen molar-refractivity contribution in [3.63, 3.8) is 0 Å². The first-order valence-electron chi connectivity index (χ1n) is 5.08. The van der Waals surface area contributed by atoms with E-state index in [0.29, 0.717) is 11.5 Å². The molecule has 0 aliphatic heterocycles. The summed E-state index contributed by atoms with van der Waals surface area (Å²) in [5.74, 6) is -0.0519. The maximum absolute atomic E-state index is 10.9. The van der Waals surface area contributed by atoms with Gasteiger partial charge in [0.2, 0.25) is 0 Å². The Kier molecular flexibility index (Phi) is 5.15. The van der Waals surface area contributed by atoms with Crippen molar-refractivity contribution in [3.05, 3.63) is 23.8 Å². The molecule has 0 amide bonds. The Morgan fingerprint density at radius 2 is 1.53 bits per heavy atom. The van der Waals surface area contributed by atoms with Gasteiger partial charge in [0.05, 0.1) is 0 Å². The van der Waals surface area contributed by atoms with Gasteiger partial charge in [-0.2, -0.15) is 0 Å². The van der Waals surface area contributed by atoms with E-state index in [-0.39, 0.29) is 0 Å². The van der Waals surface area contributed by atoms with E-state index in [2.05, 4.69) is 15.9 Å². The third-order valence-corrected chi connectivity index (χ3v) is 2.24. The van der Waals surface area contributed by atoms with Crippen LogP contribution in [0.3, 0.4) is 0 Å². The summed E-state index contributed by atoms with van der Waals surface area (Å²) in [6.07, 6.45) is 0.753. The van der Waals surface area contributed by atoms with Crippen molar-refractivity contribution in [2.24, 2.45) is 0 Å². The molecule has 0 fully saturated rings. The lowest BCUT2D eigenvalue weighted by Gasteiger charge is -2.08. The third-order valence-electron chi connectivity index (χ3n) is 1.85. The van der Waals surface area contributed by atoms with E-state index in [1.807, 2.05) is 0 Å². The van der Waals surface area contributed by atoms with Gasteiger partial charge in [-0.1, -0.05) is 15.9 Å². The Balaban J connectivity index is 2.99. The summed E-state index contributed by atoms with van der Waals surface area (Å²) in [6, 6.07) is 5.01. The molecule has 92 valence electrons. The predicted octanol–water partition coefficient (Wildman–Crippen LogP) is 2.47. The number of ether oxygens (including phenoxy) is 2. The Morgan fingerprint density at radius 1 is 1.06 bits per heavy atom. The maximum atomic E-state index is 10.9. The van der Waals surface area contributed by atoms with Crippen LogP contribution >= 0.6 is 15.9 Å². The van der Waals surface area contributed by atoms with E-state index in [4.69, 9.17) is 9.47 Å². The molecular formula is C12H13BrO4. The van der Waals surface area contributed by atoms with Crippen molar-refractivity contribution < 1.29 is 19.1 Å². The van der Waals surface area contributed by atoms with Gasteiger partial charge in [0.1, 0.15) is 11.5 Å². The van der Waals surface area contributed by atoms with E-state index in [1.165, 1.54) is 19.9 Å². The second-order valence-corrected chi connectivity index (χ2v) is 4.23. The van der Waals surface area contributed by atoms with Crippen LogP contribution < -0.4 is 9.47 Å². The second-order valence-electron chi connectivity index (χ2n) is 3.44. The average molecular weight is 301 g/mol. The molecule has 1 rings (SSSR count). The van der Waals surface area contributed by atoms with Crippen molar-refractivity contribution in [3.8, 4) is 11.5 Å². The number of hydrogen-bond acceptors (Lipinski definition) is 4. The number of aryl methyl sites for hydroxylation is 1. The average Bonchev–Trinajstić information content (AvgIpc) is 2.14. The van der Waals surface area contributed by atoms with E-state index < -0.39 is 11.9 Å². The van der Waals surface area contributed by atoms with E-state index in [9.17, 15) is 9.59 Å². The van der Waals surface area contributed by atoms with Crippen molar-refractivity contribution in [2.45, 2.75) is 20.3 Å². The van der Waals surface area contributed by atoms with Crippen LogP contribution in [0, 0.1) is 0 Å². The smallest absolute Gasteiger partial charge is 0.308 e. The first kappa shape index (κ1) is 13.7. The highest BCUT2D eigenvalue weighted by atomic mass is 79.9. The van der Waals surface area contributed by atoms with Gasteiger partial charge in [0, 0.05) is 25.2 Å². The number of alkyl halides is 1. The van der Waals surface area contributed by atoms with Crippen molar-refractivity contribution in [1.29, 1.82) is 0 Å². The quantitative estimate of drug-likeness (QED) is 0.487. The van der Waals surface area contributed by atoms with Gasteiger partial charge < -0.3 is 9.47 Å². The van der Waals surface area contributed by atoms with Crippen LogP contribution in [0.15, 0.2) is 18.2 Å². The number of esters is 2. The minimum Gasteiger partial charge on any atom is -0.427 e. The summed E-state index contributed by atoms with van der Waals surface area (Å²) < 4.78 is 9.96. The molecule has 4 nitrogen and oxygen atoms in total. The van der Waals surface area contributed by atoms with Gasteiger partial charge in [-0.25, -0.2) is 0 Å². The topological polar surface area (TPSA) is 52.6 Å². The molecule has 1 aromatic rings. The summed E-state index contributed by atoms with van der Waals surface area (Å²) in [4.78, 5) is 21.8. The fraction of sp³-hybridized carbons (Fsp3) is 0.333. The number of carbonyl (C=O) groups is 2. The van der Waals surface area contributed by atoms with Crippen LogP contribution in [-0.4, -0.2) is 17.3 Å². The van der Waals surface area contributed by atoms with Crippen LogP contribution in [-0.2, 0) is 16.0 Å². The molecule has 0 aromatic heterocycles.